The van der Waals surface area contributed by atoms with Crippen molar-refractivity contribution in [2.45, 2.75) is 77.7 Å². The van der Waals surface area contributed by atoms with E-state index in [4.69, 9.17) is 0 Å². The van der Waals surface area contributed by atoms with E-state index < -0.39 is 0 Å². The number of benzene rings is 1. The fourth-order valence-corrected chi connectivity index (χ4v) is 4.86. The van der Waals surface area contributed by atoms with E-state index in [-0.39, 0.29) is 17.7 Å². The van der Waals surface area contributed by atoms with E-state index in [1.54, 1.807) is 0 Å². The normalized spacial score (nSPS) is 24.5. The first-order valence-corrected chi connectivity index (χ1v) is 11.4. The molecule has 0 saturated heterocycles. The van der Waals surface area contributed by atoms with Crippen molar-refractivity contribution in [3.63, 3.8) is 0 Å². The molecule has 0 atom stereocenters. The number of rotatable bonds is 6. The highest BCUT2D eigenvalue weighted by atomic mass is 16.2. The topological polar surface area (TPSA) is 49.4 Å². The Hall–Kier alpha value is -1.84. The number of nitrogens with one attached hydrogen (secondary N) is 1. The molecular weight excluding hydrogens is 348 g/mol. The van der Waals surface area contributed by atoms with Crippen LogP contribution in [0, 0.1) is 17.8 Å². The van der Waals surface area contributed by atoms with Gasteiger partial charge in [0.2, 0.25) is 11.8 Å². The maximum Gasteiger partial charge on any atom is 0.227 e. The van der Waals surface area contributed by atoms with Crippen LogP contribution in [0.3, 0.4) is 0 Å². The average molecular weight is 383 g/mol. The molecule has 2 amide bonds. The maximum absolute atomic E-state index is 12.8. The zero-order valence-electron chi connectivity index (χ0n) is 17.2. The van der Waals surface area contributed by atoms with E-state index in [1.807, 2.05) is 11.0 Å². The molecule has 0 unspecified atom stereocenters. The summed E-state index contributed by atoms with van der Waals surface area (Å²) < 4.78 is 0. The molecule has 0 aromatic heterocycles. The summed E-state index contributed by atoms with van der Waals surface area (Å²) in [5.74, 6) is 1.75. The van der Waals surface area contributed by atoms with Crippen LogP contribution in [0.1, 0.15) is 75.8 Å². The van der Waals surface area contributed by atoms with Crippen LogP contribution in [-0.2, 0) is 22.6 Å². The Morgan fingerprint density at radius 1 is 1.04 bits per heavy atom. The second kappa shape index (κ2) is 8.67. The van der Waals surface area contributed by atoms with Crippen LogP contribution in [0.2, 0.25) is 0 Å². The van der Waals surface area contributed by atoms with E-state index >= 15 is 0 Å². The number of amides is 2. The first kappa shape index (κ1) is 19.5. The van der Waals surface area contributed by atoms with Crippen molar-refractivity contribution >= 4 is 17.5 Å². The van der Waals surface area contributed by atoms with Crippen LogP contribution in [0.4, 0.5) is 5.69 Å². The summed E-state index contributed by atoms with van der Waals surface area (Å²) in [5.41, 5.74) is 3.40. The molecule has 2 saturated carbocycles. The van der Waals surface area contributed by atoms with Crippen LogP contribution in [0.5, 0.6) is 0 Å². The van der Waals surface area contributed by atoms with Crippen molar-refractivity contribution in [2.24, 2.45) is 17.8 Å². The average Bonchev–Trinajstić information content (AvgIpc) is 3.57. The third-order valence-corrected chi connectivity index (χ3v) is 6.91. The van der Waals surface area contributed by atoms with Crippen LogP contribution in [0.15, 0.2) is 18.2 Å². The molecule has 0 spiro atoms. The predicted octanol–water partition coefficient (Wildman–Crippen LogP) is 4.92. The summed E-state index contributed by atoms with van der Waals surface area (Å²) >= 11 is 0. The molecule has 2 fully saturated rings. The smallest absolute Gasteiger partial charge is 0.227 e. The summed E-state index contributed by atoms with van der Waals surface area (Å²) in [6, 6.07) is 6.25. The molecule has 0 bridgehead atoms. The van der Waals surface area contributed by atoms with Gasteiger partial charge in [-0.3, -0.25) is 9.59 Å². The number of carbonyl (C=O) groups excluding carboxylic acids is 2. The highest BCUT2D eigenvalue weighted by Gasteiger charge is 2.34. The van der Waals surface area contributed by atoms with Gasteiger partial charge in [-0.25, -0.2) is 0 Å². The van der Waals surface area contributed by atoms with E-state index in [1.165, 1.54) is 43.2 Å². The molecule has 4 rings (SSSR count). The van der Waals surface area contributed by atoms with Gasteiger partial charge in [0.1, 0.15) is 0 Å². The van der Waals surface area contributed by atoms with Crippen LogP contribution in [-0.4, -0.2) is 23.3 Å². The van der Waals surface area contributed by atoms with Gasteiger partial charge in [-0.05, 0) is 74.1 Å². The number of carbonyl (C=O) groups is 2. The molecule has 1 N–H and O–H groups in total. The first-order chi connectivity index (χ1) is 13.6. The van der Waals surface area contributed by atoms with E-state index in [0.717, 1.165) is 50.3 Å². The number of hydrogen-bond acceptors (Lipinski definition) is 2. The number of nitrogens with zero attached hydrogens (tertiary/aromatic N) is 1. The molecule has 1 aromatic carbocycles. The molecule has 1 aliphatic heterocycles. The van der Waals surface area contributed by atoms with E-state index in [2.05, 4.69) is 24.4 Å². The first-order valence-electron chi connectivity index (χ1n) is 11.4. The van der Waals surface area contributed by atoms with Crippen molar-refractivity contribution in [1.29, 1.82) is 0 Å². The lowest BCUT2D eigenvalue weighted by Crippen LogP contribution is -2.37. The minimum atomic E-state index is 0.154. The lowest BCUT2D eigenvalue weighted by Gasteiger charge is -2.30. The summed E-state index contributed by atoms with van der Waals surface area (Å²) in [7, 11) is 0. The Kier molecular flexibility index (Phi) is 6.03. The number of fused-ring (bicyclic) bond motifs is 1. The van der Waals surface area contributed by atoms with Gasteiger partial charge in [-0.15, -0.1) is 0 Å². The van der Waals surface area contributed by atoms with E-state index in [0.29, 0.717) is 12.5 Å². The standard InChI is InChI=1S/C24H34N2O2/c1-2-3-4-17-5-7-19(8-6-17)23(27)25-22-12-11-18-13-14-26(16-21(18)15-22)24(28)20-9-10-20/h11-12,15,17,19-20H,2-10,13-14,16H2,1H3,(H,25,27). The second-order valence-corrected chi connectivity index (χ2v) is 9.12. The third kappa shape index (κ3) is 4.59. The van der Waals surface area contributed by atoms with Crippen molar-refractivity contribution in [3.05, 3.63) is 29.3 Å². The van der Waals surface area contributed by atoms with Gasteiger partial charge in [0.25, 0.3) is 0 Å². The van der Waals surface area contributed by atoms with Gasteiger partial charge in [0.05, 0.1) is 0 Å². The van der Waals surface area contributed by atoms with Crippen molar-refractivity contribution in [2.75, 3.05) is 11.9 Å². The molecule has 2 aliphatic carbocycles. The number of hydrogen-bond donors (Lipinski definition) is 1. The maximum atomic E-state index is 12.8. The molecule has 1 aromatic rings. The lowest BCUT2D eigenvalue weighted by atomic mass is 9.79. The van der Waals surface area contributed by atoms with Gasteiger partial charge in [-0.2, -0.15) is 0 Å². The Morgan fingerprint density at radius 2 is 1.79 bits per heavy atom. The molecule has 0 radical (unpaired) electrons. The molecule has 3 aliphatic rings. The molecule has 4 heteroatoms. The Labute approximate surface area is 169 Å². The zero-order valence-corrected chi connectivity index (χ0v) is 17.2. The minimum Gasteiger partial charge on any atom is -0.338 e. The second-order valence-electron chi connectivity index (χ2n) is 9.12. The zero-order chi connectivity index (χ0) is 19.5. The monoisotopic (exact) mass is 382 g/mol. The van der Waals surface area contributed by atoms with Crippen molar-refractivity contribution < 1.29 is 9.59 Å². The highest BCUT2D eigenvalue weighted by molar-refractivity contribution is 5.92. The van der Waals surface area contributed by atoms with Gasteiger partial charge >= 0.3 is 0 Å². The van der Waals surface area contributed by atoms with Crippen LogP contribution in [0.25, 0.3) is 0 Å². The molecule has 4 nitrogen and oxygen atoms in total. The fourth-order valence-electron chi connectivity index (χ4n) is 4.86. The molecule has 28 heavy (non-hydrogen) atoms. The highest BCUT2D eigenvalue weighted by Crippen LogP contribution is 2.34. The van der Waals surface area contributed by atoms with Crippen LogP contribution < -0.4 is 5.32 Å². The quantitative estimate of drug-likeness (QED) is 0.759. The number of unbranched alkanes of at least 4 members (excludes halogenated alkanes) is 1. The lowest BCUT2D eigenvalue weighted by molar-refractivity contribution is -0.133. The van der Waals surface area contributed by atoms with E-state index in [9.17, 15) is 9.59 Å². The Morgan fingerprint density at radius 3 is 2.50 bits per heavy atom. The van der Waals surface area contributed by atoms with Gasteiger partial charge in [0.15, 0.2) is 0 Å². The summed E-state index contributed by atoms with van der Waals surface area (Å²) in [6.45, 7) is 3.77. The Bertz CT molecular complexity index is 717. The van der Waals surface area contributed by atoms with Gasteiger partial charge in [-0.1, -0.05) is 32.3 Å². The molecule has 152 valence electrons. The van der Waals surface area contributed by atoms with Crippen LogP contribution >= 0.6 is 0 Å². The van der Waals surface area contributed by atoms with Gasteiger partial charge in [0, 0.05) is 30.6 Å². The summed E-state index contributed by atoms with van der Waals surface area (Å²) in [5, 5.41) is 3.16. The van der Waals surface area contributed by atoms with Crippen molar-refractivity contribution in [1.82, 2.24) is 4.90 Å². The minimum absolute atomic E-state index is 0.154. The van der Waals surface area contributed by atoms with Crippen molar-refractivity contribution in [3.8, 4) is 0 Å². The predicted molar refractivity (Wildman–Crippen MR) is 112 cm³/mol. The SMILES string of the molecule is CCCCC1CCC(C(=O)Nc2ccc3c(c2)CN(C(=O)C2CC2)CC3)CC1. The Balaban J connectivity index is 1.32. The molecular formula is C24H34N2O2. The summed E-state index contributed by atoms with van der Waals surface area (Å²) in [6.07, 6.45) is 11.4. The number of anilines is 1. The third-order valence-electron chi connectivity index (χ3n) is 6.91. The summed E-state index contributed by atoms with van der Waals surface area (Å²) in [4.78, 5) is 27.1. The largest absolute Gasteiger partial charge is 0.338 e. The fraction of sp³-hybridized carbons (Fsp3) is 0.667. The molecule has 1 heterocycles. The van der Waals surface area contributed by atoms with Gasteiger partial charge < -0.3 is 10.2 Å².